The number of carbonyl (C=O) groups is 1. The van der Waals surface area contributed by atoms with E-state index >= 15 is 0 Å². The van der Waals surface area contributed by atoms with Gasteiger partial charge in [0.2, 0.25) is 0 Å². The topological polar surface area (TPSA) is 72.5 Å². The van der Waals surface area contributed by atoms with Gasteiger partial charge in [-0.2, -0.15) is 0 Å². The van der Waals surface area contributed by atoms with Gasteiger partial charge in [0.1, 0.15) is 11.8 Å². The fraction of sp³-hybridized carbons (Fsp3) is 0.300. The number of ether oxygens (including phenoxy) is 1. The number of methoxy groups -OCH3 is 1. The molecule has 4 heteroatoms. The normalized spacial score (nSPS) is 12.2. The van der Waals surface area contributed by atoms with E-state index < -0.39 is 12.0 Å². The highest BCUT2D eigenvalue weighted by atomic mass is 16.5. The second-order valence-corrected chi connectivity index (χ2v) is 3.04. The van der Waals surface area contributed by atoms with Crippen molar-refractivity contribution in [3.05, 3.63) is 29.3 Å². The summed E-state index contributed by atoms with van der Waals surface area (Å²) < 4.78 is 5.07. The largest absolute Gasteiger partial charge is 0.496 e. The Morgan fingerprint density at radius 3 is 2.71 bits per heavy atom. The maximum atomic E-state index is 10.6. The molecule has 1 rings (SSSR count). The summed E-state index contributed by atoms with van der Waals surface area (Å²) in [6.45, 7) is 1.88. The molecular weight excluding hydrogens is 182 g/mol. The molecule has 1 atom stereocenters. The number of aryl methyl sites for hydroxylation is 1. The summed E-state index contributed by atoms with van der Waals surface area (Å²) in [5.41, 5.74) is 6.95. The molecule has 4 nitrogen and oxygen atoms in total. The molecule has 0 saturated heterocycles. The number of hydrogen-bond donors (Lipinski definition) is 2. The first kappa shape index (κ1) is 10.5. The minimum absolute atomic E-state index is 0.542. The van der Waals surface area contributed by atoms with Crippen LogP contribution in [0.3, 0.4) is 0 Å². The highest BCUT2D eigenvalue weighted by molar-refractivity contribution is 5.75. The van der Waals surface area contributed by atoms with Crippen LogP contribution in [0.4, 0.5) is 0 Å². The molecule has 0 saturated carbocycles. The quantitative estimate of drug-likeness (QED) is 0.757. The Balaban J connectivity index is 3.06. The summed E-state index contributed by atoms with van der Waals surface area (Å²) in [6, 6.07) is 4.13. The molecule has 0 aliphatic carbocycles. The summed E-state index contributed by atoms with van der Waals surface area (Å²) in [5.74, 6) is -0.393. The maximum Gasteiger partial charge on any atom is 0.325 e. The zero-order valence-electron chi connectivity index (χ0n) is 8.15. The minimum Gasteiger partial charge on any atom is -0.496 e. The van der Waals surface area contributed by atoms with E-state index in [1.54, 1.807) is 25.3 Å². The number of hydrogen-bond acceptors (Lipinski definition) is 3. The first-order valence-electron chi connectivity index (χ1n) is 4.19. The average molecular weight is 195 g/mol. The fourth-order valence-electron chi connectivity index (χ4n) is 1.17. The van der Waals surface area contributed by atoms with Gasteiger partial charge in [0.25, 0.3) is 0 Å². The average Bonchev–Trinajstić information content (AvgIpc) is 2.17. The van der Waals surface area contributed by atoms with Gasteiger partial charge in [-0.05, 0) is 24.1 Å². The lowest BCUT2D eigenvalue weighted by Gasteiger charge is -2.10. The van der Waals surface area contributed by atoms with Crippen LogP contribution in [0.2, 0.25) is 0 Å². The summed E-state index contributed by atoms with van der Waals surface area (Å²) in [4.78, 5) is 10.6. The summed E-state index contributed by atoms with van der Waals surface area (Å²) in [7, 11) is 1.54. The molecule has 0 radical (unpaired) electrons. The van der Waals surface area contributed by atoms with E-state index in [1.165, 1.54) is 0 Å². The number of aliphatic carboxylic acids is 1. The summed E-state index contributed by atoms with van der Waals surface area (Å²) in [5, 5.41) is 8.70. The number of nitrogens with two attached hydrogens (primary N) is 1. The minimum atomic E-state index is -1.05. The second-order valence-electron chi connectivity index (χ2n) is 3.04. The molecule has 3 N–H and O–H groups in total. The standard InChI is InChI=1S/C10H13NO3/c1-6-3-4-7(5-8(6)14-2)9(11)10(12)13/h3-5,9H,11H2,1-2H3,(H,12,13). The van der Waals surface area contributed by atoms with E-state index in [4.69, 9.17) is 15.6 Å². The molecule has 0 amide bonds. The van der Waals surface area contributed by atoms with Crippen LogP contribution in [-0.2, 0) is 4.79 Å². The number of carboxylic acid groups (broad SMARTS) is 1. The molecular formula is C10H13NO3. The van der Waals surface area contributed by atoms with Gasteiger partial charge in [-0.15, -0.1) is 0 Å². The first-order chi connectivity index (χ1) is 6.56. The van der Waals surface area contributed by atoms with Crippen molar-refractivity contribution < 1.29 is 14.6 Å². The number of rotatable bonds is 3. The van der Waals surface area contributed by atoms with Gasteiger partial charge in [0, 0.05) is 0 Å². The van der Waals surface area contributed by atoms with Crippen LogP contribution >= 0.6 is 0 Å². The molecule has 0 aliphatic heterocycles. The van der Waals surface area contributed by atoms with Crippen LogP contribution in [0.5, 0.6) is 5.75 Å². The lowest BCUT2D eigenvalue weighted by atomic mass is 10.1. The van der Waals surface area contributed by atoms with Gasteiger partial charge < -0.3 is 15.6 Å². The zero-order valence-corrected chi connectivity index (χ0v) is 8.15. The molecule has 1 aromatic carbocycles. The molecule has 0 aliphatic rings. The van der Waals surface area contributed by atoms with Crippen molar-refractivity contribution in [2.24, 2.45) is 5.73 Å². The van der Waals surface area contributed by atoms with Crippen molar-refractivity contribution in [3.8, 4) is 5.75 Å². The molecule has 0 bridgehead atoms. The Labute approximate surface area is 82.3 Å². The van der Waals surface area contributed by atoms with Gasteiger partial charge in [-0.1, -0.05) is 12.1 Å². The molecule has 1 unspecified atom stereocenters. The van der Waals surface area contributed by atoms with E-state index in [9.17, 15) is 4.79 Å². The third kappa shape index (κ3) is 2.03. The van der Waals surface area contributed by atoms with Crippen molar-refractivity contribution in [3.63, 3.8) is 0 Å². The predicted molar refractivity (Wildman–Crippen MR) is 52.3 cm³/mol. The van der Waals surface area contributed by atoms with Gasteiger partial charge in [-0.3, -0.25) is 4.79 Å². The summed E-state index contributed by atoms with van der Waals surface area (Å²) in [6.07, 6.45) is 0. The van der Waals surface area contributed by atoms with Crippen LogP contribution in [0.1, 0.15) is 17.2 Å². The van der Waals surface area contributed by atoms with Gasteiger partial charge in [0.05, 0.1) is 7.11 Å². The molecule has 0 fully saturated rings. The fourth-order valence-corrected chi connectivity index (χ4v) is 1.17. The van der Waals surface area contributed by atoms with Crippen LogP contribution < -0.4 is 10.5 Å². The lowest BCUT2D eigenvalue weighted by molar-refractivity contribution is -0.138. The Kier molecular flexibility index (Phi) is 3.09. The van der Waals surface area contributed by atoms with E-state index in [2.05, 4.69) is 0 Å². The van der Waals surface area contributed by atoms with E-state index in [1.807, 2.05) is 6.92 Å². The summed E-state index contributed by atoms with van der Waals surface area (Å²) >= 11 is 0. The van der Waals surface area contributed by atoms with Crippen molar-refractivity contribution in [2.75, 3.05) is 7.11 Å². The van der Waals surface area contributed by atoms with Gasteiger partial charge in [-0.25, -0.2) is 0 Å². The third-order valence-electron chi connectivity index (χ3n) is 2.06. The van der Waals surface area contributed by atoms with E-state index in [0.29, 0.717) is 11.3 Å². The third-order valence-corrected chi connectivity index (χ3v) is 2.06. The molecule has 0 heterocycles. The van der Waals surface area contributed by atoms with E-state index in [0.717, 1.165) is 5.56 Å². The highest BCUT2D eigenvalue weighted by Gasteiger charge is 2.15. The Bertz CT molecular complexity index is 349. The zero-order chi connectivity index (χ0) is 10.7. The first-order valence-corrected chi connectivity index (χ1v) is 4.19. The molecule has 1 aromatic rings. The number of carboxylic acids is 1. The van der Waals surface area contributed by atoms with Crippen molar-refractivity contribution in [2.45, 2.75) is 13.0 Å². The maximum absolute atomic E-state index is 10.6. The molecule has 76 valence electrons. The van der Waals surface area contributed by atoms with Crippen LogP contribution in [0, 0.1) is 6.92 Å². The smallest absolute Gasteiger partial charge is 0.325 e. The second kappa shape index (κ2) is 4.11. The Morgan fingerprint density at radius 1 is 1.57 bits per heavy atom. The number of benzene rings is 1. The van der Waals surface area contributed by atoms with Gasteiger partial charge >= 0.3 is 5.97 Å². The highest BCUT2D eigenvalue weighted by Crippen LogP contribution is 2.22. The van der Waals surface area contributed by atoms with Crippen LogP contribution in [0.25, 0.3) is 0 Å². The monoisotopic (exact) mass is 195 g/mol. The van der Waals surface area contributed by atoms with Gasteiger partial charge in [0.15, 0.2) is 0 Å². The van der Waals surface area contributed by atoms with Crippen molar-refractivity contribution in [1.29, 1.82) is 0 Å². The van der Waals surface area contributed by atoms with Crippen molar-refractivity contribution >= 4 is 5.97 Å². The molecule has 0 spiro atoms. The van der Waals surface area contributed by atoms with Crippen LogP contribution in [-0.4, -0.2) is 18.2 Å². The Morgan fingerprint density at radius 2 is 2.21 bits per heavy atom. The van der Waals surface area contributed by atoms with Crippen molar-refractivity contribution in [1.82, 2.24) is 0 Å². The molecule has 14 heavy (non-hydrogen) atoms. The Hall–Kier alpha value is -1.55. The lowest BCUT2D eigenvalue weighted by Crippen LogP contribution is -2.20. The predicted octanol–water partition coefficient (Wildman–Crippen LogP) is 1.09. The van der Waals surface area contributed by atoms with E-state index in [-0.39, 0.29) is 0 Å². The molecule has 0 aromatic heterocycles. The SMILES string of the molecule is COc1cc(C(N)C(=O)O)ccc1C. The van der Waals surface area contributed by atoms with Crippen LogP contribution in [0.15, 0.2) is 18.2 Å².